The van der Waals surface area contributed by atoms with Crippen molar-refractivity contribution in [1.29, 1.82) is 0 Å². The molecule has 0 spiro atoms. The quantitative estimate of drug-likeness (QED) is 0.910. The van der Waals surface area contributed by atoms with Crippen LogP contribution in [0.25, 0.3) is 0 Å². The molecule has 2 heterocycles. The van der Waals surface area contributed by atoms with Gasteiger partial charge in [-0.3, -0.25) is 4.79 Å². The number of rotatable bonds is 3. The number of carbonyl (C=O) groups is 1. The molecular formula is C15H18Cl2N2O3. The van der Waals surface area contributed by atoms with Gasteiger partial charge >= 0.3 is 0 Å². The van der Waals surface area contributed by atoms with Gasteiger partial charge in [-0.1, -0.05) is 23.2 Å². The summed E-state index contributed by atoms with van der Waals surface area (Å²) < 4.78 is 11.2. The number of morpholine rings is 1. The highest BCUT2D eigenvalue weighted by molar-refractivity contribution is 6.42. The van der Waals surface area contributed by atoms with Gasteiger partial charge in [-0.25, -0.2) is 0 Å². The number of carbonyl (C=O) groups excluding carboxylic acids is 1. The number of ether oxygens (including phenoxy) is 2. The molecule has 0 saturated carbocycles. The highest BCUT2D eigenvalue weighted by Gasteiger charge is 2.32. The zero-order valence-electron chi connectivity index (χ0n) is 12.1. The van der Waals surface area contributed by atoms with E-state index in [4.69, 9.17) is 32.7 Å². The molecule has 120 valence electrons. The SMILES string of the molecule is O=C([C@@H]1COCCN1)N1CC[C@H](Oc2ccc(Cl)c(Cl)c2)C1. The van der Waals surface area contributed by atoms with E-state index in [1.54, 1.807) is 18.2 Å². The topological polar surface area (TPSA) is 50.8 Å². The van der Waals surface area contributed by atoms with Crippen LogP contribution in [0.1, 0.15) is 6.42 Å². The van der Waals surface area contributed by atoms with Crippen molar-refractivity contribution in [2.24, 2.45) is 0 Å². The van der Waals surface area contributed by atoms with E-state index in [9.17, 15) is 4.79 Å². The van der Waals surface area contributed by atoms with Crippen LogP contribution in [0.5, 0.6) is 5.75 Å². The normalized spacial score (nSPS) is 25.3. The van der Waals surface area contributed by atoms with Crippen LogP contribution in [0.15, 0.2) is 18.2 Å². The van der Waals surface area contributed by atoms with Crippen LogP contribution < -0.4 is 10.1 Å². The Bertz CT molecular complexity index is 550. The smallest absolute Gasteiger partial charge is 0.242 e. The Morgan fingerprint density at radius 2 is 2.23 bits per heavy atom. The number of amides is 1. The van der Waals surface area contributed by atoms with E-state index in [2.05, 4.69) is 5.32 Å². The van der Waals surface area contributed by atoms with Crippen LogP contribution in [0.3, 0.4) is 0 Å². The first kappa shape index (κ1) is 15.9. The lowest BCUT2D eigenvalue weighted by molar-refractivity contribution is -0.135. The molecule has 2 saturated heterocycles. The standard InChI is InChI=1S/C15H18Cl2N2O3/c16-12-2-1-10(7-13(12)17)22-11-3-5-19(8-11)15(20)14-9-21-6-4-18-14/h1-2,7,11,14,18H,3-6,8-9H2/t11-,14-/m0/s1. The average molecular weight is 345 g/mol. The summed E-state index contributed by atoms with van der Waals surface area (Å²) in [6.45, 7) is 3.09. The van der Waals surface area contributed by atoms with E-state index in [0.29, 0.717) is 48.6 Å². The van der Waals surface area contributed by atoms with Gasteiger partial charge in [0.05, 0.1) is 29.8 Å². The highest BCUT2D eigenvalue weighted by atomic mass is 35.5. The van der Waals surface area contributed by atoms with E-state index in [1.807, 2.05) is 4.90 Å². The Kier molecular flexibility index (Phi) is 5.08. The van der Waals surface area contributed by atoms with Gasteiger partial charge in [-0.05, 0) is 12.1 Å². The molecule has 0 aromatic heterocycles. The van der Waals surface area contributed by atoms with Crippen LogP contribution in [-0.2, 0) is 9.53 Å². The van der Waals surface area contributed by atoms with Crippen LogP contribution in [0.2, 0.25) is 10.0 Å². The Labute approximate surface area is 139 Å². The van der Waals surface area contributed by atoms with E-state index in [-0.39, 0.29) is 18.1 Å². The first-order chi connectivity index (χ1) is 10.6. The lowest BCUT2D eigenvalue weighted by atomic mass is 10.2. The van der Waals surface area contributed by atoms with Crippen LogP contribution in [0.4, 0.5) is 0 Å². The van der Waals surface area contributed by atoms with Crippen molar-refractivity contribution in [1.82, 2.24) is 10.2 Å². The molecule has 1 amide bonds. The number of hydrogen-bond acceptors (Lipinski definition) is 4. The lowest BCUT2D eigenvalue weighted by Gasteiger charge is -2.27. The molecule has 0 aliphatic carbocycles. The van der Waals surface area contributed by atoms with Gasteiger partial charge in [-0.15, -0.1) is 0 Å². The first-order valence-electron chi connectivity index (χ1n) is 7.35. The molecule has 7 heteroatoms. The minimum Gasteiger partial charge on any atom is -0.488 e. The third-order valence-corrected chi connectivity index (χ3v) is 4.61. The number of nitrogens with one attached hydrogen (secondary N) is 1. The van der Waals surface area contributed by atoms with E-state index >= 15 is 0 Å². The van der Waals surface area contributed by atoms with Crippen LogP contribution >= 0.6 is 23.2 Å². The van der Waals surface area contributed by atoms with Crippen molar-refractivity contribution in [2.75, 3.05) is 32.8 Å². The molecule has 2 aliphatic rings. The first-order valence-corrected chi connectivity index (χ1v) is 8.10. The Hall–Kier alpha value is -1.01. The summed E-state index contributed by atoms with van der Waals surface area (Å²) in [6, 6.07) is 4.96. The maximum atomic E-state index is 12.4. The monoisotopic (exact) mass is 344 g/mol. The molecule has 0 radical (unpaired) electrons. The van der Waals surface area contributed by atoms with Crippen molar-refractivity contribution in [3.63, 3.8) is 0 Å². The maximum absolute atomic E-state index is 12.4. The second kappa shape index (κ2) is 7.04. The number of benzene rings is 1. The number of hydrogen-bond donors (Lipinski definition) is 1. The van der Waals surface area contributed by atoms with Crippen molar-refractivity contribution >= 4 is 29.1 Å². The second-order valence-corrected chi connectivity index (χ2v) is 6.28. The zero-order valence-corrected chi connectivity index (χ0v) is 13.6. The highest BCUT2D eigenvalue weighted by Crippen LogP contribution is 2.28. The van der Waals surface area contributed by atoms with Gasteiger partial charge in [0.2, 0.25) is 5.91 Å². The molecule has 22 heavy (non-hydrogen) atoms. The predicted octanol–water partition coefficient (Wildman–Crippen LogP) is 1.96. The Morgan fingerprint density at radius 1 is 1.36 bits per heavy atom. The third-order valence-electron chi connectivity index (χ3n) is 3.87. The van der Waals surface area contributed by atoms with E-state index in [1.165, 1.54) is 0 Å². The molecular weight excluding hydrogens is 327 g/mol. The molecule has 2 aliphatic heterocycles. The van der Waals surface area contributed by atoms with Crippen molar-refractivity contribution in [3.8, 4) is 5.75 Å². The van der Waals surface area contributed by atoms with Crippen LogP contribution in [0, 0.1) is 0 Å². The molecule has 1 N–H and O–H groups in total. The third kappa shape index (κ3) is 3.66. The van der Waals surface area contributed by atoms with Gasteiger partial charge in [0.25, 0.3) is 0 Å². The molecule has 1 aromatic rings. The molecule has 1 aromatic carbocycles. The molecule has 2 fully saturated rings. The van der Waals surface area contributed by atoms with Gasteiger partial charge in [0, 0.05) is 25.6 Å². The van der Waals surface area contributed by atoms with Crippen LogP contribution in [-0.4, -0.2) is 55.8 Å². The molecule has 3 rings (SSSR count). The molecule has 2 atom stereocenters. The summed E-state index contributed by atoms with van der Waals surface area (Å²) in [7, 11) is 0. The predicted molar refractivity (Wildman–Crippen MR) is 84.7 cm³/mol. The summed E-state index contributed by atoms with van der Waals surface area (Å²) in [4.78, 5) is 14.2. The number of nitrogens with zero attached hydrogens (tertiary/aromatic N) is 1. The summed E-state index contributed by atoms with van der Waals surface area (Å²) in [5.74, 6) is 0.757. The zero-order chi connectivity index (χ0) is 15.5. The molecule has 0 bridgehead atoms. The summed E-state index contributed by atoms with van der Waals surface area (Å²) in [6.07, 6.45) is 0.783. The molecule has 0 unspecified atom stereocenters. The Balaban J connectivity index is 1.55. The summed E-state index contributed by atoms with van der Waals surface area (Å²) in [5, 5.41) is 4.15. The molecule has 5 nitrogen and oxygen atoms in total. The minimum atomic E-state index is -0.238. The van der Waals surface area contributed by atoms with E-state index in [0.717, 1.165) is 6.42 Å². The Morgan fingerprint density at radius 3 is 2.95 bits per heavy atom. The lowest BCUT2D eigenvalue weighted by Crippen LogP contribution is -2.52. The van der Waals surface area contributed by atoms with Gasteiger partial charge in [0.1, 0.15) is 17.9 Å². The number of likely N-dealkylation sites (tertiary alicyclic amines) is 1. The average Bonchev–Trinajstić information content (AvgIpc) is 2.99. The second-order valence-electron chi connectivity index (χ2n) is 5.47. The van der Waals surface area contributed by atoms with Gasteiger partial charge < -0.3 is 19.7 Å². The van der Waals surface area contributed by atoms with Crippen molar-refractivity contribution in [3.05, 3.63) is 28.2 Å². The fourth-order valence-electron chi connectivity index (χ4n) is 2.71. The van der Waals surface area contributed by atoms with E-state index < -0.39 is 0 Å². The van der Waals surface area contributed by atoms with Gasteiger partial charge in [-0.2, -0.15) is 0 Å². The summed E-state index contributed by atoms with van der Waals surface area (Å²) >= 11 is 11.9. The largest absolute Gasteiger partial charge is 0.488 e. The minimum absolute atomic E-state index is 0.0225. The summed E-state index contributed by atoms with van der Waals surface area (Å²) in [5.41, 5.74) is 0. The number of halogens is 2. The fourth-order valence-corrected chi connectivity index (χ4v) is 3.00. The maximum Gasteiger partial charge on any atom is 0.242 e. The van der Waals surface area contributed by atoms with Crippen molar-refractivity contribution < 1.29 is 14.3 Å². The fraction of sp³-hybridized carbons (Fsp3) is 0.533. The van der Waals surface area contributed by atoms with Gasteiger partial charge in [0.15, 0.2) is 0 Å². The van der Waals surface area contributed by atoms with Crippen molar-refractivity contribution in [2.45, 2.75) is 18.6 Å².